The number of H-pyrrole nitrogens is 1. The van der Waals surface area contributed by atoms with Crippen LogP contribution in [0.1, 0.15) is 28.7 Å². The monoisotopic (exact) mass is 464 g/mol. The lowest BCUT2D eigenvalue weighted by molar-refractivity contribution is 0.102. The van der Waals surface area contributed by atoms with Crippen LogP contribution in [0.2, 0.25) is 0 Å². The van der Waals surface area contributed by atoms with Gasteiger partial charge in [-0.3, -0.25) is 9.36 Å². The molecule has 1 aliphatic rings. The third kappa shape index (κ3) is 3.91. The average molecular weight is 465 g/mol. The lowest BCUT2D eigenvalue weighted by Crippen LogP contribution is -2.15. The molecule has 0 bridgehead atoms. The number of aromatic nitrogens is 6. The van der Waals surface area contributed by atoms with E-state index in [1.165, 1.54) is 18.1 Å². The van der Waals surface area contributed by atoms with Crippen LogP contribution in [0.5, 0.6) is 11.5 Å². The van der Waals surface area contributed by atoms with E-state index >= 15 is 0 Å². The third-order valence-electron chi connectivity index (χ3n) is 5.65. The molecule has 0 radical (unpaired) electrons. The number of rotatable bonds is 7. The van der Waals surface area contributed by atoms with Gasteiger partial charge in [0.05, 0.1) is 17.6 Å². The molecule has 1 N–H and O–H groups in total. The Morgan fingerprint density at radius 2 is 1.97 bits per heavy atom. The SMILES string of the molecule is CCn1c(-c2ccc3c(c2)OCCO3)cnc1SCC(=O)c1cc(C)n(-c2ncn[nH]2)c1C. The van der Waals surface area contributed by atoms with Crippen LogP contribution in [0.3, 0.4) is 0 Å². The van der Waals surface area contributed by atoms with Crippen molar-refractivity contribution in [3.8, 4) is 28.7 Å². The van der Waals surface area contributed by atoms with Gasteiger partial charge in [-0.25, -0.2) is 10.1 Å². The second kappa shape index (κ2) is 8.78. The molecule has 9 nitrogen and oxygen atoms in total. The molecule has 10 heteroatoms. The van der Waals surface area contributed by atoms with Crippen LogP contribution >= 0.6 is 11.8 Å². The molecule has 33 heavy (non-hydrogen) atoms. The summed E-state index contributed by atoms with van der Waals surface area (Å²) >= 11 is 1.44. The van der Waals surface area contributed by atoms with Gasteiger partial charge in [-0.05, 0) is 45.0 Å². The summed E-state index contributed by atoms with van der Waals surface area (Å²) in [6.45, 7) is 7.78. The van der Waals surface area contributed by atoms with E-state index in [1.807, 2.05) is 48.9 Å². The van der Waals surface area contributed by atoms with Gasteiger partial charge in [0, 0.05) is 29.1 Å². The first-order valence-corrected chi connectivity index (χ1v) is 11.7. The van der Waals surface area contributed by atoms with Crippen molar-refractivity contribution in [2.45, 2.75) is 32.5 Å². The van der Waals surface area contributed by atoms with Crippen molar-refractivity contribution in [3.05, 3.63) is 53.7 Å². The van der Waals surface area contributed by atoms with E-state index < -0.39 is 0 Å². The number of imidazole rings is 1. The quantitative estimate of drug-likeness (QED) is 0.328. The molecule has 0 spiro atoms. The summed E-state index contributed by atoms with van der Waals surface area (Å²) in [6, 6.07) is 7.81. The third-order valence-corrected chi connectivity index (χ3v) is 6.64. The topological polar surface area (TPSA) is 99.8 Å². The number of fused-ring (bicyclic) bond motifs is 1. The van der Waals surface area contributed by atoms with Crippen LogP contribution in [-0.4, -0.2) is 54.0 Å². The van der Waals surface area contributed by atoms with Crippen molar-refractivity contribution in [2.75, 3.05) is 19.0 Å². The average Bonchev–Trinajstić information content (AvgIpc) is 3.56. The number of ether oxygens (including phenoxy) is 2. The van der Waals surface area contributed by atoms with E-state index in [1.54, 1.807) is 0 Å². The minimum Gasteiger partial charge on any atom is -0.486 e. The zero-order valence-corrected chi connectivity index (χ0v) is 19.5. The number of ketones is 1. The maximum absolute atomic E-state index is 13.1. The molecule has 0 fully saturated rings. The number of aromatic amines is 1. The fourth-order valence-corrected chi connectivity index (χ4v) is 5.02. The van der Waals surface area contributed by atoms with E-state index in [-0.39, 0.29) is 11.5 Å². The van der Waals surface area contributed by atoms with Crippen molar-refractivity contribution in [2.24, 2.45) is 0 Å². The molecular formula is C23H24N6O3S. The highest BCUT2D eigenvalue weighted by atomic mass is 32.2. The van der Waals surface area contributed by atoms with Crippen molar-refractivity contribution in [3.63, 3.8) is 0 Å². The van der Waals surface area contributed by atoms with Crippen molar-refractivity contribution in [1.82, 2.24) is 29.3 Å². The summed E-state index contributed by atoms with van der Waals surface area (Å²) in [5, 5.41) is 7.57. The van der Waals surface area contributed by atoms with Gasteiger partial charge in [0.15, 0.2) is 22.4 Å². The van der Waals surface area contributed by atoms with Crippen molar-refractivity contribution < 1.29 is 14.3 Å². The second-order valence-electron chi connectivity index (χ2n) is 7.67. The van der Waals surface area contributed by atoms with Crippen LogP contribution in [0.15, 0.2) is 41.9 Å². The molecule has 0 saturated heterocycles. The molecule has 4 aromatic rings. The molecule has 0 unspecified atom stereocenters. The Kier molecular flexibility index (Phi) is 5.67. The maximum atomic E-state index is 13.1. The fraction of sp³-hybridized carbons (Fsp3) is 0.304. The van der Waals surface area contributed by atoms with E-state index in [0.29, 0.717) is 24.7 Å². The van der Waals surface area contributed by atoms with E-state index in [0.717, 1.165) is 45.8 Å². The molecule has 0 atom stereocenters. The highest BCUT2D eigenvalue weighted by Crippen LogP contribution is 2.35. The predicted octanol–water partition coefficient (Wildman–Crippen LogP) is 3.84. The second-order valence-corrected chi connectivity index (χ2v) is 8.61. The predicted molar refractivity (Wildman–Crippen MR) is 125 cm³/mol. The number of benzene rings is 1. The Labute approximate surface area is 195 Å². The lowest BCUT2D eigenvalue weighted by Gasteiger charge is -2.19. The number of nitrogens with one attached hydrogen (secondary N) is 1. The van der Waals surface area contributed by atoms with Crippen molar-refractivity contribution >= 4 is 17.5 Å². The van der Waals surface area contributed by atoms with Gasteiger partial charge in [0.25, 0.3) is 0 Å². The summed E-state index contributed by atoms with van der Waals surface area (Å²) in [4.78, 5) is 21.9. The molecule has 4 heterocycles. The molecule has 1 aliphatic heterocycles. The molecule has 0 aliphatic carbocycles. The largest absolute Gasteiger partial charge is 0.486 e. The van der Waals surface area contributed by atoms with Crippen LogP contribution in [0.25, 0.3) is 17.2 Å². The van der Waals surface area contributed by atoms with E-state index in [4.69, 9.17) is 9.47 Å². The van der Waals surface area contributed by atoms with Crippen molar-refractivity contribution in [1.29, 1.82) is 0 Å². The van der Waals surface area contributed by atoms with Gasteiger partial charge in [-0.2, -0.15) is 10.1 Å². The summed E-state index contributed by atoms with van der Waals surface area (Å²) in [6.07, 6.45) is 3.30. The van der Waals surface area contributed by atoms with Gasteiger partial charge in [-0.15, -0.1) is 0 Å². The Bertz CT molecular complexity index is 1310. The maximum Gasteiger partial charge on any atom is 0.229 e. The summed E-state index contributed by atoms with van der Waals surface area (Å²) in [5.74, 6) is 2.44. The number of hydrogen-bond acceptors (Lipinski definition) is 7. The van der Waals surface area contributed by atoms with Gasteiger partial charge < -0.3 is 14.0 Å². The van der Waals surface area contributed by atoms with Gasteiger partial charge in [-0.1, -0.05) is 11.8 Å². The standard InChI is InChI=1S/C23H24N6O3S/c1-4-28-18(16-5-6-20-21(10-16)32-8-7-31-20)11-24-23(28)33-12-19(30)17-9-14(2)29(15(17)3)22-25-13-26-27-22/h5-6,9-11,13H,4,7-8,12H2,1-3H3,(H,25,26,27). The van der Waals surface area contributed by atoms with Gasteiger partial charge in [0.1, 0.15) is 19.5 Å². The Balaban J connectivity index is 1.35. The highest BCUT2D eigenvalue weighted by molar-refractivity contribution is 7.99. The minimum atomic E-state index is 0.0467. The van der Waals surface area contributed by atoms with E-state index in [2.05, 4.69) is 31.7 Å². The van der Waals surface area contributed by atoms with Crippen LogP contribution in [0, 0.1) is 13.8 Å². The first-order valence-electron chi connectivity index (χ1n) is 10.7. The number of aryl methyl sites for hydroxylation is 1. The number of nitrogens with zero attached hydrogens (tertiary/aromatic N) is 5. The Hall–Kier alpha value is -3.53. The van der Waals surface area contributed by atoms with E-state index in [9.17, 15) is 4.79 Å². The Morgan fingerprint density at radius 3 is 2.73 bits per heavy atom. The number of Topliss-reactive ketones (excluding diaryl/α,β-unsaturated/α-hetero) is 1. The Morgan fingerprint density at radius 1 is 1.15 bits per heavy atom. The summed E-state index contributed by atoms with van der Waals surface area (Å²) in [7, 11) is 0. The summed E-state index contributed by atoms with van der Waals surface area (Å²) < 4.78 is 15.4. The molecule has 0 saturated carbocycles. The normalized spacial score (nSPS) is 12.8. The first-order chi connectivity index (χ1) is 16.1. The zero-order chi connectivity index (χ0) is 22.9. The van der Waals surface area contributed by atoms with Gasteiger partial charge >= 0.3 is 0 Å². The minimum absolute atomic E-state index is 0.0467. The number of hydrogen-bond donors (Lipinski definition) is 1. The first kappa shape index (κ1) is 21.3. The number of carbonyl (C=O) groups is 1. The van der Waals surface area contributed by atoms with Crippen LogP contribution < -0.4 is 9.47 Å². The van der Waals surface area contributed by atoms with Crippen LogP contribution in [-0.2, 0) is 6.54 Å². The molecule has 1 aromatic carbocycles. The molecular weight excluding hydrogens is 440 g/mol. The smallest absolute Gasteiger partial charge is 0.229 e. The number of carbonyl (C=O) groups excluding carboxylic acids is 1. The van der Waals surface area contributed by atoms with Gasteiger partial charge in [0.2, 0.25) is 5.95 Å². The zero-order valence-electron chi connectivity index (χ0n) is 18.7. The molecule has 3 aromatic heterocycles. The summed E-state index contributed by atoms with van der Waals surface area (Å²) in [5.41, 5.74) is 4.42. The van der Waals surface area contributed by atoms with Crippen LogP contribution in [0.4, 0.5) is 0 Å². The fourth-order valence-electron chi connectivity index (χ4n) is 4.10. The number of thioether (sulfide) groups is 1. The molecule has 170 valence electrons. The molecule has 0 amide bonds. The highest BCUT2D eigenvalue weighted by Gasteiger charge is 2.20. The molecule has 5 rings (SSSR count). The lowest BCUT2D eigenvalue weighted by atomic mass is 10.1.